The maximum atomic E-state index is 12.9. The molecule has 0 aliphatic carbocycles. The molecule has 0 saturated heterocycles. The Balaban J connectivity index is 3.16. The molecule has 0 aromatic heterocycles. The van der Waals surface area contributed by atoms with Gasteiger partial charge in [-0.1, -0.05) is 12.1 Å². The number of nitrogens with two attached hydrogens (primary N) is 1. The number of aromatic hydroxyl groups is 1. The van der Waals surface area contributed by atoms with E-state index in [-0.39, 0.29) is 17.9 Å². The average Bonchev–Trinajstić information content (AvgIpc) is 2.80. The first-order valence-electron chi connectivity index (χ1n) is 10.6. The summed E-state index contributed by atoms with van der Waals surface area (Å²) < 4.78 is 0. The largest absolute Gasteiger partial charge is 0.508 e. The van der Waals surface area contributed by atoms with Crippen LogP contribution < -0.4 is 21.7 Å². The summed E-state index contributed by atoms with van der Waals surface area (Å²) in [5, 5.41) is 43.4. The Hall–Kier alpha value is -3.85. The van der Waals surface area contributed by atoms with Crippen LogP contribution in [0, 0.1) is 0 Å². The molecule has 0 spiro atoms. The van der Waals surface area contributed by atoms with Crippen molar-refractivity contribution in [1.29, 1.82) is 0 Å². The molecule has 4 unspecified atom stereocenters. The Bertz CT molecular complexity index is 972. The Kier molecular flexibility index (Phi) is 12.2. The highest BCUT2D eigenvalue weighted by atomic mass is 32.1. The fraction of sp³-hybridized carbons (Fsp3) is 0.429. The van der Waals surface area contributed by atoms with Crippen LogP contribution in [0.2, 0.25) is 0 Å². The SMILES string of the molecule is NC(CS)C(=O)NC(CC(=O)O)C(=O)NC(Cc1ccc(O)cc1)C(=O)NC(CCC(=O)O)C(=O)O. The number of hydrogen-bond donors (Lipinski definition) is 9. The number of nitrogens with one attached hydrogen (secondary N) is 3. The zero-order valence-corrected chi connectivity index (χ0v) is 19.8. The molecule has 15 heteroatoms. The highest BCUT2D eigenvalue weighted by Gasteiger charge is 2.31. The Morgan fingerprint density at radius 1 is 0.806 bits per heavy atom. The van der Waals surface area contributed by atoms with Gasteiger partial charge in [0.05, 0.1) is 12.5 Å². The number of rotatable bonds is 15. The molecule has 14 nitrogen and oxygen atoms in total. The molecule has 1 aromatic rings. The van der Waals surface area contributed by atoms with Crippen LogP contribution in [0.15, 0.2) is 24.3 Å². The number of carbonyl (C=O) groups is 6. The maximum Gasteiger partial charge on any atom is 0.326 e. The highest BCUT2D eigenvalue weighted by Crippen LogP contribution is 2.12. The van der Waals surface area contributed by atoms with Crippen LogP contribution in [-0.2, 0) is 35.2 Å². The van der Waals surface area contributed by atoms with Gasteiger partial charge in [-0.05, 0) is 24.1 Å². The lowest BCUT2D eigenvalue weighted by molar-refractivity contribution is -0.144. The number of benzene rings is 1. The van der Waals surface area contributed by atoms with E-state index in [1.54, 1.807) is 0 Å². The molecule has 9 N–H and O–H groups in total. The first kappa shape index (κ1) is 30.2. The van der Waals surface area contributed by atoms with Gasteiger partial charge >= 0.3 is 17.9 Å². The summed E-state index contributed by atoms with van der Waals surface area (Å²) >= 11 is 3.86. The standard InChI is InChI=1S/C21H28N4O10S/c22-12(9-36)18(31)24-15(8-17(29)30)20(33)25-14(7-10-1-3-11(26)4-2-10)19(32)23-13(21(34)35)5-6-16(27)28/h1-4,12-15,26,36H,5-9,22H2,(H,23,32)(H,24,31)(H,25,33)(H,27,28)(H,29,30)(H,34,35). The quantitative estimate of drug-likeness (QED) is 0.113. The van der Waals surface area contributed by atoms with Gasteiger partial charge in [0.15, 0.2) is 0 Å². The van der Waals surface area contributed by atoms with Crippen molar-refractivity contribution < 1.29 is 49.2 Å². The van der Waals surface area contributed by atoms with Crippen molar-refractivity contribution in [1.82, 2.24) is 16.0 Å². The van der Waals surface area contributed by atoms with E-state index in [0.717, 1.165) is 0 Å². The van der Waals surface area contributed by atoms with Crippen LogP contribution in [-0.4, -0.2) is 86.0 Å². The second-order valence-corrected chi connectivity index (χ2v) is 8.08. The fourth-order valence-electron chi connectivity index (χ4n) is 2.89. The second-order valence-electron chi connectivity index (χ2n) is 7.71. The summed E-state index contributed by atoms with van der Waals surface area (Å²) in [6.07, 6.45) is -2.05. The van der Waals surface area contributed by atoms with Crippen LogP contribution in [0.1, 0.15) is 24.8 Å². The number of carboxylic acids is 3. The molecule has 0 fully saturated rings. The van der Waals surface area contributed by atoms with Crippen LogP contribution in [0.25, 0.3) is 0 Å². The second kappa shape index (κ2) is 14.5. The highest BCUT2D eigenvalue weighted by molar-refractivity contribution is 7.80. The lowest BCUT2D eigenvalue weighted by atomic mass is 10.0. The van der Waals surface area contributed by atoms with E-state index in [1.165, 1.54) is 24.3 Å². The summed E-state index contributed by atoms with van der Waals surface area (Å²) in [6.45, 7) is 0. The number of amides is 3. The van der Waals surface area contributed by atoms with Crippen LogP contribution >= 0.6 is 12.6 Å². The Labute approximate surface area is 210 Å². The molecule has 0 aliphatic rings. The first-order chi connectivity index (χ1) is 16.8. The van der Waals surface area contributed by atoms with Gasteiger partial charge in [-0.15, -0.1) is 0 Å². The van der Waals surface area contributed by atoms with Crippen LogP contribution in [0.3, 0.4) is 0 Å². The normalized spacial score (nSPS) is 13.9. The third-order valence-electron chi connectivity index (χ3n) is 4.82. The molecule has 1 rings (SSSR count). The smallest absolute Gasteiger partial charge is 0.326 e. The van der Waals surface area contributed by atoms with Gasteiger partial charge in [-0.3, -0.25) is 24.0 Å². The van der Waals surface area contributed by atoms with E-state index < -0.39 is 79.1 Å². The predicted octanol–water partition coefficient (Wildman–Crippen LogP) is -1.93. The van der Waals surface area contributed by atoms with Crippen molar-refractivity contribution in [3.8, 4) is 5.75 Å². The zero-order valence-electron chi connectivity index (χ0n) is 18.9. The monoisotopic (exact) mass is 528 g/mol. The van der Waals surface area contributed by atoms with Crippen molar-refractivity contribution in [3.63, 3.8) is 0 Å². The summed E-state index contributed by atoms with van der Waals surface area (Å²) in [7, 11) is 0. The summed E-state index contributed by atoms with van der Waals surface area (Å²) in [5.74, 6) is -7.30. The van der Waals surface area contributed by atoms with E-state index in [4.69, 9.17) is 15.9 Å². The molecule has 0 heterocycles. The average molecular weight is 529 g/mol. The van der Waals surface area contributed by atoms with Gasteiger partial charge < -0.3 is 42.1 Å². The predicted molar refractivity (Wildman–Crippen MR) is 126 cm³/mol. The van der Waals surface area contributed by atoms with Gasteiger partial charge in [0.2, 0.25) is 17.7 Å². The third-order valence-corrected chi connectivity index (χ3v) is 5.21. The number of hydrogen-bond acceptors (Lipinski definition) is 9. The van der Waals surface area contributed by atoms with Gasteiger partial charge in [0, 0.05) is 18.6 Å². The third kappa shape index (κ3) is 10.6. The fourth-order valence-corrected chi connectivity index (χ4v) is 3.06. The summed E-state index contributed by atoms with van der Waals surface area (Å²) in [6, 6.07) is -0.323. The lowest BCUT2D eigenvalue weighted by Gasteiger charge is -2.24. The van der Waals surface area contributed by atoms with Gasteiger partial charge in [0.1, 0.15) is 23.9 Å². The van der Waals surface area contributed by atoms with Crippen molar-refractivity contribution in [2.45, 2.75) is 49.9 Å². The number of phenols is 1. The van der Waals surface area contributed by atoms with Crippen LogP contribution in [0.4, 0.5) is 0 Å². The number of carbonyl (C=O) groups excluding carboxylic acids is 3. The van der Waals surface area contributed by atoms with Gasteiger partial charge in [-0.2, -0.15) is 12.6 Å². The first-order valence-corrected chi connectivity index (χ1v) is 11.2. The molecular formula is C21H28N4O10S. The Morgan fingerprint density at radius 2 is 1.33 bits per heavy atom. The molecule has 36 heavy (non-hydrogen) atoms. The van der Waals surface area contributed by atoms with Crippen molar-refractivity contribution in [2.75, 3.05) is 5.75 Å². The number of carboxylic acid groups (broad SMARTS) is 3. The Morgan fingerprint density at radius 3 is 1.83 bits per heavy atom. The molecule has 0 radical (unpaired) electrons. The van der Waals surface area contributed by atoms with E-state index in [1.807, 2.05) is 0 Å². The zero-order chi connectivity index (χ0) is 27.4. The number of aliphatic carboxylic acids is 3. The molecule has 0 aliphatic heterocycles. The number of thiol groups is 1. The van der Waals surface area contributed by atoms with Crippen molar-refractivity contribution in [3.05, 3.63) is 29.8 Å². The van der Waals surface area contributed by atoms with E-state index in [0.29, 0.717) is 5.56 Å². The summed E-state index contributed by atoms with van der Waals surface area (Å²) in [4.78, 5) is 71.4. The van der Waals surface area contributed by atoms with E-state index in [2.05, 4.69) is 28.6 Å². The molecule has 1 aromatic carbocycles. The minimum absolute atomic E-state index is 0.0758. The van der Waals surface area contributed by atoms with Gasteiger partial charge in [0.25, 0.3) is 0 Å². The molecule has 3 amide bonds. The molecule has 4 atom stereocenters. The summed E-state index contributed by atoms with van der Waals surface area (Å²) in [5.41, 5.74) is 5.97. The molecule has 198 valence electrons. The minimum atomic E-state index is -1.63. The lowest BCUT2D eigenvalue weighted by Crippen LogP contribution is -2.58. The van der Waals surface area contributed by atoms with Crippen molar-refractivity contribution >= 4 is 48.3 Å². The van der Waals surface area contributed by atoms with E-state index >= 15 is 0 Å². The van der Waals surface area contributed by atoms with Gasteiger partial charge in [-0.25, -0.2) is 4.79 Å². The van der Waals surface area contributed by atoms with E-state index in [9.17, 15) is 39.0 Å². The molecular weight excluding hydrogens is 500 g/mol. The topological polar surface area (TPSA) is 245 Å². The van der Waals surface area contributed by atoms with Crippen LogP contribution in [0.5, 0.6) is 5.75 Å². The number of phenolic OH excluding ortho intramolecular Hbond substituents is 1. The molecule has 0 bridgehead atoms. The maximum absolute atomic E-state index is 12.9. The van der Waals surface area contributed by atoms with Crippen molar-refractivity contribution in [2.24, 2.45) is 5.73 Å². The minimum Gasteiger partial charge on any atom is -0.508 e. The molecule has 0 saturated carbocycles.